The number of hydrogen-bond donors (Lipinski definition) is 1. The molecule has 0 atom stereocenters. The molecule has 0 spiro atoms. The second-order valence-corrected chi connectivity index (χ2v) is 4.69. The molecule has 0 aliphatic rings. The number of halogens is 1. The van der Waals surface area contributed by atoms with Gasteiger partial charge in [0.15, 0.2) is 0 Å². The van der Waals surface area contributed by atoms with Crippen molar-refractivity contribution in [1.82, 2.24) is 0 Å². The molecule has 2 rings (SSSR count). The zero-order chi connectivity index (χ0) is 14.7. The highest BCUT2D eigenvalue weighted by atomic mass is 19.1. The summed E-state index contributed by atoms with van der Waals surface area (Å²) < 4.78 is 19.4. The summed E-state index contributed by atoms with van der Waals surface area (Å²) in [6, 6.07) is 10.1. The van der Waals surface area contributed by atoms with Crippen LogP contribution in [0.2, 0.25) is 0 Å². The Hall–Kier alpha value is -2.54. The number of benzene rings is 2. The van der Waals surface area contributed by atoms with E-state index in [9.17, 15) is 4.39 Å². The van der Waals surface area contributed by atoms with Crippen molar-refractivity contribution in [3.05, 3.63) is 58.4 Å². The van der Waals surface area contributed by atoms with E-state index in [1.165, 1.54) is 6.07 Å². The average Bonchev–Trinajstić information content (AvgIpc) is 2.39. The predicted molar refractivity (Wildman–Crippen MR) is 75.8 cm³/mol. The molecule has 0 heterocycles. The Bertz CT molecular complexity index is 666. The highest BCUT2D eigenvalue weighted by Gasteiger charge is 2.09. The largest absolute Gasteiger partial charge is 0.488 e. The Labute approximate surface area is 117 Å². The van der Waals surface area contributed by atoms with Gasteiger partial charge in [-0.25, -0.2) is 4.39 Å². The number of aryl methyl sites for hydroxylation is 2. The van der Waals surface area contributed by atoms with Crippen LogP contribution in [-0.2, 0) is 6.61 Å². The van der Waals surface area contributed by atoms with Gasteiger partial charge in [-0.05, 0) is 49.2 Å². The normalized spacial score (nSPS) is 10.1. The van der Waals surface area contributed by atoms with Gasteiger partial charge >= 0.3 is 0 Å². The van der Waals surface area contributed by atoms with Crippen LogP contribution >= 0.6 is 0 Å². The molecule has 0 saturated carbocycles. The lowest BCUT2D eigenvalue weighted by atomic mass is 10.1. The third kappa shape index (κ3) is 2.89. The minimum Gasteiger partial charge on any atom is -0.488 e. The molecular formula is C16H15FN2O. The van der Waals surface area contributed by atoms with Crippen LogP contribution in [0.15, 0.2) is 30.3 Å². The van der Waals surface area contributed by atoms with Crippen molar-refractivity contribution in [2.45, 2.75) is 20.5 Å². The molecule has 2 N–H and O–H groups in total. The van der Waals surface area contributed by atoms with Crippen molar-refractivity contribution in [3.8, 4) is 11.8 Å². The maximum atomic E-state index is 13.7. The van der Waals surface area contributed by atoms with E-state index in [4.69, 9.17) is 15.7 Å². The van der Waals surface area contributed by atoms with Crippen LogP contribution in [-0.4, -0.2) is 0 Å². The molecule has 0 aliphatic carbocycles. The van der Waals surface area contributed by atoms with E-state index < -0.39 is 0 Å². The van der Waals surface area contributed by atoms with Gasteiger partial charge in [0, 0.05) is 11.3 Å². The molecule has 0 aliphatic heterocycles. The van der Waals surface area contributed by atoms with Crippen molar-refractivity contribution in [2.75, 3.05) is 5.73 Å². The SMILES string of the molecule is Cc1cc(C#N)cc(C)c1OCc1ccc(N)cc1F. The smallest absolute Gasteiger partial charge is 0.131 e. The van der Waals surface area contributed by atoms with Crippen LogP contribution in [0.5, 0.6) is 5.75 Å². The van der Waals surface area contributed by atoms with Gasteiger partial charge in [-0.1, -0.05) is 6.07 Å². The highest BCUT2D eigenvalue weighted by molar-refractivity contribution is 5.47. The van der Waals surface area contributed by atoms with Gasteiger partial charge in [-0.3, -0.25) is 0 Å². The standard InChI is InChI=1S/C16H15FN2O/c1-10-5-12(8-18)6-11(2)16(10)20-9-13-3-4-14(19)7-15(13)17/h3-7H,9,19H2,1-2H3. The third-order valence-corrected chi connectivity index (χ3v) is 3.04. The molecule has 0 bridgehead atoms. The van der Waals surface area contributed by atoms with Crippen LogP contribution in [0.3, 0.4) is 0 Å². The van der Waals surface area contributed by atoms with Crippen LogP contribution < -0.4 is 10.5 Å². The number of rotatable bonds is 3. The number of ether oxygens (including phenoxy) is 1. The highest BCUT2D eigenvalue weighted by Crippen LogP contribution is 2.26. The summed E-state index contributed by atoms with van der Waals surface area (Å²) >= 11 is 0. The number of nitriles is 1. The number of nitrogens with two attached hydrogens (primary N) is 1. The summed E-state index contributed by atoms with van der Waals surface area (Å²) in [6.07, 6.45) is 0. The van der Waals surface area contributed by atoms with E-state index in [2.05, 4.69) is 6.07 Å². The molecule has 2 aromatic carbocycles. The average molecular weight is 270 g/mol. The molecule has 0 fully saturated rings. The first-order valence-corrected chi connectivity index (χ1v) is 6.19. The zero-order valence-electron chi connectivity index (χ0n) is 11.4. The maximum Gasteiger partial charge on any atom is 0.131 e. The fourth-order valence-corrected chi connectivity index (χ4v) is 2.07. The number of hydrogen-bond acceptors (Lipinski definition) is 3. The summed E-state index contributed by atoms with van der Waals surface area (Å²) in [6.45, 7) is 3.85. The lowest BCUT2D eigenvalue weighted by Crippen LogP contribution is -2.02. The Kier molecular flexibility index (Phi) is 3.90. The molecular weight excluding hydrogens is 255 g/mol. The topological polar surface area (TPSA) is 59.0 Å². The first-order chi connectivity index (χ1) is 9.51. The van der Waals surface area contributed by atoms with Crippen molar-refractivity contribution in [1.29, 1.82) is 5.26 Å². The van der Waals surface area contributed by atoms with E-state index in [0.29, 0.717) is 22.6 Å². The Morgan fingerprint density at radius 3 is 2.40 bits per heavy atom. The van der Waals surface area contributed by atoms with Gasteiger partial charge in [0.05, 0.1) is 11.6 Å². The number of nitrogens with zero attached hydrogens (tertiary/aromatic N) is 1. The van der Waals surface area contributed by atoms with Crippen LogP contribution in [0, 0.1) is 31.0 Å². The van der Waals surface area contributed by atoms with Crippen molar-refractivity contribution in [3.63, 3.8) is 0 Å². The molecule has 2 aromatic rings. The van der Waals surface area contributed by atoms with Gasteiger partial charge in [-0.15, -0.1) is 0 Å². The van der Waals surface area contributed by atoms with Gasteiger partial charge in [-0.2, -0.15) is 5.26 Å². The minimum atomic E-state index is -0.381. The van der Waals surface area contributed by atoms with Gasteiger partial charge < -0.3 is 10.5 Å². The second kappa shape index (κ2) is 5.62. The fourth-order valence-electron chi connectivity index (χ4n) is 2.07. The van der Waals surface area contributed by atoms with Crippen LogP contribution in [0.4, 0.5) is 10.1 Å². The van der Waals surface area contributed by atoms with E-state index in [0.717, 1.165) is 11.1 Å². The summed E-state index contributed by atoms with van der Waals surface area (Å²) in [5, 5.41) is 8.90. The van der Waals surface area contributed by atoms with E-state index in [1.54, 1.807) is 24.3 Å². The summed E-state index contributed by atoms with van der Waals surface area (Å²) in [4.78, 5) is 0. The monoisotopic (exact) mass is 270 g/mol. The predicted octanol–water partition coefficient (Wildman–Crippen LogP) is 3.48. The van der Waals surface area contributed by atoms with Gasteiger partial charge in [0.25, 0.3) is 0 Å². The molecule has 0 unspecified atom stereocenters. The first-order valence-electron chi connectivity index (χ1n) is 6.19. The number of anilines is 1. The molecule has 4 heteroatoms. The fraction of sp³-hybridized carbons (Fsp3) is 0.188. The van der Waals surface area contributed by atoms with E-state index in [-0.39, 0.29) is 12.4 Å². The van der Waals surface area contributed by atoms with Crippen LogP contribution in [0.25, 0.3) is 0 Å². The molecule has 20 heavy (non-hydrogen) atoms. The third-order valence-electron chi connectivity index (χ3n) is 3.04. The van der Waals surface area contributed by atoms with E-state index in [1.807, 2.05) is 13.8 Å². The molecule has 0 aromatic heterocycles. The molecule has 0 amide bonds. The van der Waals surface area contributed by atoms with Crippen molar-refractivity contribution < 1.29 is 9.13 Å². The molecule has 0 saturated heterocycles. The lowest BCUT2D eigenvalue weighted by molar-refractivity contribution is 0.296. The van der Waals surface area contributed by atoms with Gasteiger partial charge in [0.1, 0.15) is 18.2 Å². The zero-order valence-corrected chi connectivity index (χ0v) is 11.4. The summed E-state index contributed by atoms with van der Waals surface area (Å²) in [7, 11) is 0. The molecule has 102 valence electrons. The Morgan fingerprint density at radius 1 is 1.20 bits per heavy atom. The summed E-state index contributed by atoms with van der Waals surface area (Å²) in [5.74, 6) is 0.300. The molecule has 0 radical (unpaired) electrons. The van der Waals surface area contributed by atoms with Gasteiger partial charge in [0.2, 0.25) is 0 Å². The van der Waals surface area contributed by atoms with Crippen molar-refractivity contribution >= 4 is 5.69 Å². The minimum absolute atomic E-state index is 0.125. The second-order valence-electron chi connectivity index (χ2n) is 4.69. The Balaban J connectivity index is 2.21. The molecule has 3 nitrogen and oxygen atoms in total. The number of nitrogen functional groups attached to an aromatic ring is 1. The summed E-state index contributed by atoms with van der Waals surface area (Å²) in [5.41, 5.74) is 8.64. The van der Waals surface area contributed by atoms with E-state index >= 15 is 0 Å². The van der Waals surface area contributed by atoms with Crippen LogP contribution in [0.1, 0.15) is 22.3 Å². The Morgan fingerprint density at radius 2 is 1.85 bits per heavy atom. The van der Waals surface area contributed by atoms with Crippen molar-refractivity contribution in [2.24, 2.45) is 0 Å². The maximum absolute atomic E-state index is 13.7. The quantitative estimate of drug-likeness (QED) is 0.869. The lowest BCUT2D eigenvalue weighted by Gasteiger charge is -2.13. The first kappa shape index (κ1) is 13.9.